The topological polar surface area (TPSA) is 46.5 Å². The number of benzene rings is 1. The Morgan fingerprint density at radius 3 is 2.59 bits per heavy atom. The van der Waals surface area contributed by atoms with Gasteiger partial charge in [0.25, 0.3) is 0 Å². The van der Waals surface area contributed by atoms with E-state index in [0.717, 1.165) is 0 Å². The van der Waals surface area contributed by atoms with E-state index in [0.29, 0.717) is 11.1 Å². The first-order chi connectivity index (χ1) is 8.04. The van der Waals surface area contributed by atoms with Crippen LogP contribution < -0.4 is 0 Å². The van der Waals surface area contributed by atoms with Crippen LogP contribution in [0.1, 0.15) is 18.9 Å². The third-order valence-corrected chi connectivity index (χ3v) is 2.25. The van der Waals surface area contributed by atoms with E-state index < -0.39 is 12.1 Å². The highest BCUT2D eigenvalue weighted by Gasteiger charge is 2.17. The standard InChI is InChI=1S/C13H15FO3/c1-3-17-13(16)12(15)8-9(2)10-4-6-11(14)7-5-10/h4-7,12,15H,2-3,8H2,1H3/t12-/m1/s1. The number of rotatable bonds is 5. The number of carbonyl (C=O) groups is 1. The van der Waals surface area contributed by atoms with Crippen LogP contribution in [0.15, 0.2) is 30.8 Å². The van der Waals surface area contributed by atoms with Crippen molar-refractivity contribution in [3.63, 3.8) is 0 Å². The van der Waals surface area contributed by atoms with Crippen molar-refractivity contribution in [1.82, 2.24) is 0 Å². The Morgan fingerprint density at radius 2 is 2.06 bits per heavy atom. The third-order valence-electron chi connectivity index (χ3n) is 2.25. The maximum atomic E-state index is 12.7. The molecule has 0 unspecified atom stereocenters. The van der Waals surface area contributed by atoms with E-state index in [-0.39, 0.29) is 18.8 Å². The fourth-order valence-corrected chi connectivity index (χ4v) is 1.36. The van der Waals surface area contributed by atoms with Gasteiger partial charge in [-0.25, -0.2) is 9.18 Å². The minimum absolute atomic E-state index is 0.0739. The second-order valence-electron chi connectivity index (χ2n) is 3.58. The lowest BCUT2D eigenvalue weighted by Gasteiger charge is -2.11. The van der Waals surface area contributed by atoms with Crippen LogP contribution in [0.25, 0.3) is 5.57 Å². The lowest BCUT2D eigenvalue weighted by molar-refractivity contribution is -0.152. The molecule has 0 saturated carbocycles. The number of carbonyl (C=O) groups excluding carboxylic acids is 1. The minimum atomic E-state index is -1.23. The molecule has 0 aliphatic rings. The Hall–Kier alpha value is -1.68. The van der Waals surface area contributed by atoms with Crippen molar-refractivity contribution in [3.8, 4) is 0 Å². The van der Waals surface area contributed by atoms with Gasteiger partial charge in [-0.15, -0.1) is 0 Å². The Labute approximate surface area is 99.5 Å². The highest BCUT2D eigenvalue weighted by atomic mass is 19.1. The molecule has 1 N–H and O–H groups in total. The lowest BCUT2D eigenvalue weighted by atomic mass is 10.0. The van der Waals surface area contributed by atoms with Gasteiger partial charge in [-0.05, 0) is 30.2 Å². The number of esters is 1. The zero-order valence-corrected chi connectivity index (χ0v) is 9.65. The summed E-state index contributed by atoms with van der Waals surface area (Å²) in [6.45, 7) is 5.63. The van der Waals surface area contributed by atoms with Gasteiger partial charge in [0.15, 0.2) is 6.10 Å². The Morgan fingerprint density at radius 1 is 1.47 bits per heavy atom. The number of halogens is 1. The van der Waals surface area contributed by atoms with Gasteiger partial charge in [-0.1, -0.05) is 18.7 Å². The highest BCUT2D eigenvalue weighted by Crippen LogP contribution is 2.18. The number of hydrogen-bond acceptors (Lipinski definition) is 3. The lowest BCUT2D eigenvalue weighted by Crippen LogP contribution is -2.23. The van der Waals surface area contributed by atoms with Crippen molar-refractivity contribution in [2.24, 2.45) is 0 Å². The monoisotopic (exact) mass is 238 g/mol. The molecule has 0 bridgehead atoms. The molecule has 1 rings (SSSR count). The maximum absolute atomic E-state index is 12.7. The summed E-state index contributed by atoms with van der Waals surface area (Å²) in [6.07, 6.45) is -1.16. The predicted molar refractivity (Wildman–Crippen MR) is 62.7 cm³/mol. The normalized spacial score (nSPS) is 11.9. The molecule has 17 heavy (non-hydrogen) atoms. The van der Waals surface area contributed by atoms with Crippen molar-refractivity contribution in [3.05, 3.63) is 42.2 Å². The molecular formula is C13H15FO3. The molecule has 0 saturated heterocycles. The SMILES string of the molecule is C=C(C[C@@H](O)C(=O)OCC)c1ccc(F)cc1. The summed E-state index contributed by atoms with van der Waals surface area (Å²) < 4.78 is 17.4. The first kappa shape index (κ1) is 13.4. The van der Waals surface area contributed by atoms with Gasteiger partial charge in [0.2, 0.25) is 0 Å². The van der Waals surface area contributed by atoms with Crippen LogP contribution in [0, 0.1) is 5.82 Å². The fraction of sp³-hybridized carbons (Fsp3) is 0.308. The summed E-state index contributed by atoms with van der Waals surface area (Å²) in [4.78, 5) is 11.2. The molecule has 0 heterocycles. The van der Waals surface area contributed by atoms with Crippen molar-refractivity contribution in [1.29, 1.82) is 0 Å². The van der Waals surface area contributed by atoms with Gasteiger partial charge >= 0.3 is 5.97 Å². The molecule has 92 valence electrons. The molecule has 0 aromatic heterocycles. The van der Waals surface area contributed by atoms with Crippen molar-refractivity contribution in [2.75, 3.05) is 6.61 Å². The largest absolute Gasteiger partial charge is 0.464 e. The molecule has 1 aromatic rings. The van der Waals surface area contributed by atoms with Crippen LogP contribution in [0.4, 0.5) is 4.39 Å². The first-order valence-corrected chi connectivity index (χ1v) is 5.33. The molecule has 0 fully saturated rings. The van der Waals surface area contributed by atoms with Crippen molar-refractivity contribution < 1.29 is 19.0 Å². The van der Waals surface area contributed by atoms with Crippen LogP contribution in [0.5, 0.6) is 0 Å². The maximum Gasteiger partial charge on any atom is 0.335 e. The summed E-state index contributed by atoms with van der Waals surface area (Å²) in [6, 6.07) is 5.71. The van der Waals surface area contributed by atoms with Crippen LogP contribution in [0.3, 0.4) is 0 Å². The number of hydrogen-bond donors (Lipinski definition) is 1. The Balaban J connectivity index is 2.60. The van der Waals surface area contributed by atoms with Crippen LogP contribution >= 0.6 is 0 Å². The third kappa shape index (κ3) is 4.00. The van der Waals surface area contributed by atoms with E-state index in [1.54, 1.807) is 19.1 Å². The van der Waals surface area contributed by atoms with E-state index in [1.165, 1.54) is 12.1 Å². The number of aliphatic hydroxyl groups is 1. The predicted octanol–water partition coefficient (Wildman–Crippen LogP) is 2.15. The average molecular weight is 238 g/mol. The van der Waals surface area contributed by atoms with Crippen LogP contribution in [-0.2, 0) is 9.53 Å². The molecule has 0 aliphatic heterocycles. The van der Waals surface area contributed by atoms with E-state index in [4.69, 9.17) is 0 Å². The molecule has 0 radical (unpaired) electrons. The Bertz CT molecular complexity index is 398. The van der Waals surface area contributed by atoms with Gasteiger partial charge in [-0.3, -0.25) is 0 Å². The number of ether oxygens (including phenoxy) is 1. The van der Waals surface area contributed by atoms with E-state index in [2.05, 4.69) is 11.3 Å². The molecular weight excluding hydrogens is 223 g/mol. The zero-order chi connectivity index (χ0) is 12.8. The van der Waals surface area contributed by atoms with Gasteiger partial charge < -0.3 is 9.84 Å². The molecule has 0 aliphatic carbocycles. The molecule has 1 atom stereocenters. The highest BCUT2D eigenvalue weighted by molar-refractivity contribution is 5.78. The van der Waals surface area contributed by atoms with E-state index >= 15 is 0 Å². The molecule has 3 nitrogen and oxygen atoms in total. The van der Waals surface area contributed by atoms with Gasteiger partial charge in [0.05, 0.1) is 6.61 Å². The summed E-state index contributed by atoms with van der Waals surface area (Å²) >= 11 is 0. The fourth-order valence-electron chi connectivity index (χ4n) is 1.36. The summed E-state index contributed by atoms with van der Waals surface area (Å²) in [5.41, 5.74) is 1.25. The quantitative estimate of drug-likeness (QED) is 0.799. The first-order valence-electron chi connectivity index (χ1n) is 5.33. The summed E-state index contributed by atoms with van der Waals surface area (Å²) in [7, 11) is 0. The van der Waals surface area contributed by atoms with Crippen molar-refractivity contribution >= 4 is 11.5 Å². The average Bonchev–Trinajstić information content (AvgIpc) is 2.30. The molecule has 4 heteroatoms. The molecule has 0 spiro atoms. The summed E-state index contributed by atoms with van der Waals surface area (Å²) in [5.74, 6) is -1.01. The van der Waals surface area contributed by atoms with Gasteiger partial charge in [0, 0.05) is 6.42 Å². The smallest absolute Gasteiger partial charge is 0.335 e. The number of aliphatic hydroxyl groups excluding tert-OH is 1. The zero-order valence-electron chi connectivity index (χ0n) is 9.65. The molecule has 0 amide bonds. The van der Waals surface area contributed by atoms with Crippen LogP contribution in [-0.4, -0.2) is 23.8 Å². The molecule has 1 aromatic carbocycles. The minimum Gasteiger partial charge on any atom is -0.464 e. The van der Waals surface area contributed by atoms with Crippen LogP contribution in [0.2, 0.25) is 0 Å². The van der Waals surface area contributed by atoms with E-state index in [1.807, 2.05) is 0 Å². The van der Waals surface area contributed by atoms with Gasteiger partial charge in [-0.2, -0.15) is 0 Å². The summed E-state index contributed by atoms with van der Waals surface area (Å²) in [5, 5.41) is 9.53. The van der Waals surface area contributed by atoms with E-state index in [9.17, 15) is 14.3 Å². The second kappa shape index (κ2) is 6.15. The Kier molecular flexibility index (Phi) is 4.84. The van der Waals surface area contributed by atoms with Crippen molar-refractivity contribution in [2.45, 2.75) is 19.4 Å². The van der Waals surface area contributed by atoms with Gasteiger partial charge in [0.1, 0.15) is 5.82 Å². The second-order valence-corrected chi connectivity index (χ2v) is 3.58.